The van der Waals surface area contributed by atoms with Gasteiger partial charge < -0.3 is 11.1 Å². The molecular formula is C20H18IN8P. The van der Waals surface area contributed by atoms with Crippen LogP contribution in [0, 0.1) is 0 Å². The predicted molar refractivity (Wildman–Crippen MR) is 131 cm³/mol. The molecule has 0 saturated carbocycles. The molecule has 0 aliphatic heterocycles. The minimum absolute atomic E-state index is 0.440. The van der Waals surface area contributed by atoms with Crippen molar-refractivity contribution in [1.82, 2.24) is 29.3 Å². The van der Waals surface area contributed by atoms with E-state index in [1.807, 2.05) is 45.8 Å². The summed E-state index contributed by atoms with van der Waals surface area (Å²) >= 11 is 2.33. The summed E-state index contributed by atoms with van der Waals surface area (Å²) in [4.78, 5) is 8.89. The maximum atomic E-state index is 6.25. The third-order valence-electron chi connectivity index (χ3n) is 4.86. The van der Waals surface area contributed by atoms with Crippen LogP contribution in [0.3, 0.4) is 0 Å². The number of fused-ring (bicyclic) bond motifs is 3. The van der Waals surface area contributed by atoms with Crippen LogP contribution in [0.5, 0.6) is 0 Å². The van der Waals surface area contributed by atoms with Crippen molar-refractivity contribution in [2.75, 3.05) is 17.6 Å². The van der Waals surface area contributed by atoms with Gasteiger partial charge in [0.25, 0.3) is 0 Å². The highest BCUT2D eigenvalue weighted by Gasteiger charge is 2.13. The van der Waals surface area contributed by atoms with Gasteiger partial charge in [0.2, 0.25) is 0 Å². The molecule has 1 aromatic carbocycles. The van der Waals surface area contributed by atoms with Gasteiger partial charge in [-0.2, -0.15) is 10.2 Å². The quantitative estimate of drug-likeness (QED) is 0.252. The highest BCUT2D eigenvalue weighted by molar-refractivity contribution is 14.2. The molecule has 0 amide bonds. The third kappa shape index (κ3) is 3.59. The Bertz CT molecular complexity index is 1330. The molecule has 10 heteroatoms. The minimum atomic E-state index is 0.440. The van der Waals surface area contributed by atoms with Crippen molar-refractivity contribution in [3.05, 3.63) is 61.1 Å². The number of rotatable bonds is 6. The molecule has 0 fully saturated rings. The van der Waals surface area contributed by atoms with E-state index in [4.69, 9.17) is 5.73 Å². The lowest BCUT2D eigenvalue weighted by molar-refractivity contribution is 0.644. The van der Waals surface area contributed by atoms with Crippen LogP contribution < -0.4 is 11.1 Å². The van der Waals surface area contributed by atoms with Crippen molar-refractivity contribution in [2.24, 2.45) is 0 Å². The molecule has 0 saturated heterocycles. The summed E-state index contributed by atoms with van der Waals surface area (Å²) in [6.45, 7) is 1.40. The third-order valence-corrected chi connectivity index (χ3v) is 6.75. The van der Waals surface area contributed by atoms with Gasteiger partial charge in [-0.3, -0.25) is 4.68 Å². The van der Waals surface area contributed by atoms with Crippen LogP contribution in [0.1, 0.15) is 0 Å². The lowest BCUT2D eigenvalue weighted by atomic mass is 10.1. The Hall–Kier alpha value is -2.78. The molecule has 150 valence electrons. The highest BCUT2D eigenvalue weighted by Crippen LogP contribution is 2.33. The van der Waals surface area contributed by atoms with Crippen LogP contribution in [-0.4, -0.2) is 35.8 Å². The van der Waals surface area contributed by atoms with Crippen LogP contribution in [0.15, 0.2) is 61.1 Å². The number of nitrogens with one attached hydrogen (secondary N) is 1. The number of nitrogens with zero attached hydrogens (tertiary/aromatic N) is 6. The van der Waals surface area contributed by atoms with Gasteiger partial charge in [0.1, 0.15) is 11.3 Å². The average molecular weight is 528 g/mol. The second-order valence-corrected chi connectivity index (χ2v) is 8.78. The second kappa shape index (κ2) is 8.16. The fourth-order valence-corrected chi connectivity index (χ4v) is 5.03. The number of aromatic nitrogens is 6. The number of pyridine rings is 2. The zero-order valence-corrected chi connectivity index (χ0v) is 19.0. The molecule has 1 unspecified atom stereocenters. The highest BCUT2D eigenvalue weighted by atomic mass is 127. The Labute approximate surface area is 187 Å². The molecule has 0 bridgehead atoms. The Morgan fingerprint density at radius 1 is 1.10 bits per heavy atom. The van der Waals surface area contributed by atoms with Gasteiger partial charge >= 0.3 is 0 Å². The summed E-state index contributed by atoms with van der Waals surface area (Å²) in [5.41, 5.74) is 9.98. The fraction of sp³-hybridized carbons (Fsp3) is 0.100. The van der Waals surface area contributed by atoms with Crippen molar-refractivity contribution < 1.29 is 0 Å². The van der Waals surface area contributed by atoms with Crippen LogP contribution >= 0.6 is 28.4 Å². The lowest BCUT2D eigenvalue weighted by Gasteiger charge is -2.06. The lowest BCUT2D eigenvalue weighted by Crippen LogP contribution is -2.11. The molecule has 30 heavy (non-hydrogen) atoms. The second-order valence-electron chi connectivity index (χ2n) is 6.74. The Morgan fingerprint density at radius 3 is 2.87 bits per heavy atom. The summed E-state index contributed by atoms with van der Waals surface area (Å²) in [6.07, 6.45) is 6.16. The Kier molecular flexibility index (Phi) is 5.22. The molecule has 5 rings (SSSR count). The topological polar surface area (TPSA) is 99.5 Å². The van der Waals surface area contributed by atoms with E-state index in [-0.39, 0.29) is 0 Å². The summed E-state index contributed by atoms with van der Waals surface area (Å²) in [6, 6.07) is 14.1. The SMILES string of the molecule is Nc1nc2cc(-c3ccnn3PI)ccc2c2cn(CCNc3ccccn3)nc12. The van der Waals surface area contributed by atoms with Gasteiger partial charge in [0.05, 0.1) is 24.1 Å². The molecule has 4 heterocycles. The van der Waals surface area contributed by atoms with Crippen LogP contribution in [-0.2, 0) is 6.54 Å². The molecule has 8 nitrogen and oxygen atoms in total. The van der Waals surface area contributed by atoms with E-state index < -0.39 is 0 Å². The van der Waals surface area contributed by atoms with Crippen molar-refractivity contribution >= 4 is 61.9 Å². The van der Waals surface area contributed by atoms with E-state index in [1.54, 1.807) is 6.20 Å². The van der Waals surface area contributed by atoms with Crippen LogP contribution in [0.4, 0.5) is 11.6 Å². The van der Waals surface area contributed by atoms with Crippen molar-refractivity contribution in [1.29, 1.82) is 0 Å². The Balaban J connectivity index is 1.47. The zero-order chi connectivity index (χ0) is 20.5. The summed E-state index contributed by atoms with van der Waals surface area (Å²) in [5, 5.41) is 14.4. The van der Waals surface area contributed by atoms with Gasteiger partial charge in [-0.05, 0) is 46.3 Å². The van der Waals surface area contributed by atoms with Crippen molar-refractivity contribution in [3.8, 4) is 11.3 Å². The molecule has 0 aliphatic rings. The Morgan fingerprint density at radius 2 is 2.03 bits per heavy atom. The number of nitrogen functional groups attached to an aromatic ring is 1. The van der Waals surface area contributed by atoms with Gasteiger partial charge in [-0.15, -0.1) is 0 Å². The molecule has 5 aromatic rings. The van der Waals surface area contributed by atoms with E-state index in [0.29, 0.717) is 25.3 Å². The summed E-state index contributed by atoms with van der Waals surface area (Å²) in [5.74, 6) is 1.29. The summed E-state index contributed by atoms with van der Waals surface area (Å²) < 4.78 is 3.88. The number of hydrogen-bond donors (Lipinski definition) is 2. The van der Waals surface area contributed by atoms with Crippen molar-refractivity contribution in [2.45, 2.75) is 6.54 Å². The maximum absolute atomic E-state index is 6.25. The largest absolute Gasteiger partial charge is 0.382 e. The predicted octanol–water partition coefficient (Wildman–Crippen LogP) is 4.33. The van der Waals surface area contributed by atoms with Gasteiger partial charge in [-0.25, -0.2) is 14.4 Å². The molecule has 3 N–H and O–H groups in total. The smallest absolute Gasteiger partial charge is 0.152 e. The summed E-state index contributed by atoms with van der Waals surface area (Å²) in [7, 11) is 0. The number of benzene rings is 1. The normalized spacial score (nSPS) is 11.8. The van der Waals surface area contributed by atoms with E-state index in [1.165, 1.54) is 0 Å². The zero-order valence-electron chi connectivity index (χ0n) is 15.8. The standard InChI is InChI=1S/C20H18IN8P/c21-30-29-17(6-8-25-29)13-4-5-14-15-12-28(10-9-24-18-3-1-2-7-23-18)27-19(15)20(22)26-16(14)11-13/h1-8,11-12,30H,9-10H2,(H2,22,26)(H,23,24). The minimum Gasteiger partial charge on any atom is -0.382 e. The monoisotopic (exact) mass is 528 g/mol. The molecule has 0 spiro atoms. The van der Waals surface area contributed by atoms with Crippen molar-refractivity contribution in [3.63, 3.8) is 0 Å². The first kappa shape index (κ1) is 19.2. The van der Waals surface area contributed by atoms with Gasteiger partial charge in [0.15, 0.2) is 5.82 Å². The molecular weight excluding hydrogens is 510 g/mol. The number of halogens is 1. The van der Waals surface area contributed by atoms with Gasteiger partial charge in [0, 0.05) is 41.5 Å². The van der Waals surface area contributed by atoms with E-state index in [0.717, 1.165) is 38.9 Å². The average Bonchev–Trinajstić information content (AvgIpc) is 3.42. The first-order valence-corrected chi connectivity index (χ1v) is 13.4. The van der Waals surface area contributed by atoms with E-state index in [2.05, 4.69) is 65.7 Å². The van der Waals surface area contributed by atoms with Gasteiger partial charge in [-0.1, -0.05) is 18.2 Å². The first-order valence-electron chi connectivity index (χ1n) is 9.35. The van der Waals surface area contributed by atoms with E-state index in [9.17, 15) is 0 Å². The van der Waals surface area contributed by atoms with Crippen LogP contribution in [0.2, 0.25) is 0 Å². The molecule has 0 aliphatic carbocycles. The molecule has 0 radical (unpaired) electrons. The fourth-order valence-electron chi connectivity index (χ4n) is 3.47. The van der Waals surface area contributed by atoms with Crippen LogP contribution in [0.25, 0.3) is 33.1 Å². The maximum Gasteiger partial charge on any atom is 0.152 e. The van der Waals surface area contributed by atoms with E-state index >= 15 is 0 Å². The number of hydrogen-bond acceptors (Lipinski definition) is 6. The molecule has 1 atom stereocenters. The first-order chi connectivity index (χ1) is 14.7. The molecule has 4 aromatic heterocycles. The number of anilines is 2. The number of nitrogens with two attached hydrogens (primary N) is 1.